The van der Waals surface area contributed by atoms with Crippen molar-refractivity contribution in [1.29, 1.82) is 0 Å². The summed E-state index contributed by atoms with van der Waals surface area (Å²) in [5.41, 5.74) is 0.935. The number of hydrogen-bond acceptors (Lipinski definition) is 9. The van der Waals surface area contributed by atoms with Crippen LogP contribution < -0.4 is 4.90 Å². The van der Waals surface area contributed by atoms with Gasteiger partial charge in [0.05, 0.1) is 29.7 Å². The standard InChI is InChI=1S/C21H24F2N6O3S2/c1-34(30,31)29-4-2-27(3-5-29)13-15-12-16-19(33-15)21(28-6-8-32-9-7-28)26-20(24-16)14-10-17(22)25-18(23)11-14/h10-12H,2-9,13H2,1H3. The Morgan fingerprint density at radius 3 is 2.29 bits per heavy atom. The molecule has 2 aliphatic heterocycles. The lowest BCUT2D eigenvalue weighted by Gasteiger charge is -2.32. The first kappa shape index (κ1) is 23.4. The molecule has 0 saturated carbocycles. The van der Waals surface area contributed by atoms with Gasteiger partial charge in [-0.15, -0.1) is 11.3 Å². The number of thiophene rings is 1. The first-order valence-electron chi connectivity index (χ1n) is 10.9. The monoisotopic (exact) mass is 510 g/mol. The molecule has 13 heteroatoms. The van der Waals surface area contributed by atoms with Gasteiger partial charge in [0.25, 0.3) is 0 Å². The number of aromatic nitrogens is 3. The lowest BCUT2D eigenvalue weighted by Crippen LogP contribution is -2.47. The summed E-state index contributed by atoms with van der Waals surface area (Å²) < 4.78 is 59.0. The Morgan fingerprint density at radius 2 is 1.65 bits per heavy atom. The van der Waals surface area contributed by atoms with Gasteiger partial charge in [0.1, 0.15) is 0 Å². The highest BCUT2D eigenvalue weighted by atomic mass is 32.2. The number of rotatable bonds is 5. The molecule has 2 fully saturated rings. The first-order valence-corrected chi connectivity index (χ1v) is 13.6. The molecule has 2 saturated heterocycles. The molecule has 3 aromatic rings. The average molecular weight is 511 g/mol. The van der Waals surface area contributed by atoms with Crippen molar-refractivity contribution in [3.63, 3.8) is 0 Å². The van der Waals surface area contributed by atoms with Crippen molar-refractivity contribution in [3.05, 3.63) is 35.0 Å². The molecule has 0 radical (unpaired) electrons. The maximum absolute atomic E-state index is 13.8. The Labute approximate surface area is 200 Å². The lowest BCUT2D eigenvalue weighted by atomic mass is 10.2. The zero-order valence-corrected chi connectivity index (χ0v) is 20.2. The van der Waals surface area contributed by atoms with Crippen molar-refractivity contribution in [2.45, 2.75) is 6.54 Å². The minimum absolute atomic E-state index is 0.228. The highest BCUT2D eigenvalue weighted by Gasteiger charge is 2.25. The zero-order chi connectivity index (χ0) is 23.9. The summed E-state index contributed by atoms with van der Waals surface area (Å²) in [5.74, 6) is -0.892. The zero-order valence-electron chi connectivity index (χ0n) is 18.6. The molecule has 0 N–H and O–H groups in total. The van der Waals surface area contributed by atoms with Crippen LogP contribution in [0, 0.1) is 11.9 Å². The summed E-state index contributed by atoms with van der Waals surface area (Å²) in [5, 5.41) is 0. The predicted octanol–water partition coefficient (Wildman–Crippen LogP) is 1.95. The van der Waals surface area contributed by atoms with E-state index in [-0.39, 0.29) is 11.4 Å². The number of hydrogen-bond donors (Lipinski definition) is 0. The summed E-state index contributed by atoms with van der Waals surface area (Å²) >= 11 is 1.59. The van der Waals surface area contributed by atoms with Crippen molar-refractivity contribution in [3.8, 4) is 11.4 Å². The molecule has 0 unspecified atom stereocenters. The third kappa shape index (κ3) is 5.03. The Balaban J connectivity index is 1.47. The van der Waals surface area contributed by atoms with E-state index in [1.54, 1.807) is 11.3 Å². The van der Waals surface area contributed by atoms with Gasteiger partial charge in [-0.2, -0.15) is 18.1 Å². The van der Waals surface area contributed by atoms with Crippen LogP contribution >= 0.6 is 11.3 Å². The van der Waals surface area contributed by atoms with E-state index < -0.39 is 21.9 Å². The van der Waals surface area contributed by atoms with Crippen LogP contribution in [0.5, 0.6) is 0 Å². The highest BCUT2D eigenvalue weighted by molar-refractivity contribution is 7.88. The number of halogens is 2. The van der Waals surface area contributed by atoms with E-state index in [9.17, 15) is 17.2 Å². The summed E-state index contributed by atoms with van der Waals surface area (Å²) in [4.78, 5) is 17.9. The molecule has 0 amide bonds. The van der Waals surface area contributed by atoms with E-state index in [0.717, 1.165) is 27.5 Å². The summed E-state index contributed by atoms with van der Waals surface area (Å²) in [6.07, 6.45) is 1.23. The van der Waals surface area contributed by atoms with Gasteiger partial charge in [-0.3, -0.25) is 4.90 Å². The van der Waals surface area contributed by atoms with E-state index >= 15 is 0 Å². The molecule has 5 rings (SSSR count). The molecule has 2 aliphatic rings. The van der Waals surface area contributed by atoms with Gasteiger partial charge < -0.3 is 9.64 Å². The van der Waals surface area contributed by atoms with Crippen LogP contribution in [0.25, 0.3) is 21.6 Å². The number of pyridine rings is 1. The molecule has 0 atom stereocenters. The second kappa shape index (κ2) is 9.38. The number of piperazine rings is 1. The lowest BCUT2D eigenvalue weighted by molar-refractivity contribution is 0.122. The van der Waals surface area contributed by atoms with E-state index in [2.05, 4.69) is 19.8 Å². The fraction of sp³-hybridized carbons (Fsp3) is 0.476. The van der Waals surface area contributed by atoms with E-state index in [1.165, 1.54) is 10.6 Å². The molecular formula is C21H24F2N6O3S2. The van der Waals surface area contributed by atoms with Crippen LogP contribution in [0.15, 0.2) is 18.2 Å². The topological polar surface area (TPSA) is 91.8 Å². The fourth-order valence-electron chi connectivity index (χ4n) is 4.19. The van der Waals surface area contributed by atoms with Crippen LogP contribution in [-0.2, 0) is 21.3 Å². The molecule has 9 nitrogen and oxygen atoms in total. The third-order valence-electron chi connectivity index (χ3n) is 5.92. The Bertz CT molecular complexity index is 1290. The number of fused-ring (bicyclic) bond motifs is 1. The van der Waals surface area contributed by atoms with Gasteiger partial charge in [0.15, 0.2) is 11.6 Å². The Kier molecular flexibility index (Phi) is 6.46. The van der Waals surface area contributed by atoms with E-state index in [1.807, 2.05) is 6.07 Å². The van der Waals surface area contributed by atoms with Gasteiger partial charge in [-0.25, -0.2) is 18.4 Å². The minimum atomic E-state index is -3.18. The van der Waals surface area contributed by atoms with E-state index in [4.69, 9.17) is 9.72 Å². The van der Waals surface area contributed by atoms with Crippen molar-refractivity contribution >= 4 is 37.4 Å². The van der Waals surface area contributed by atoms with Gasteiger partial charge >= 0.3 is 0 Å². The third-order valence-corrected chi connectivity index (χ3v) is 8.32. The van der Waals surface area contributed by atoms with Crippen LogP contribution in [-0.4, -0.2) is 91.3 Å². The molecule has 5 heterocycles. The van der Waals surface area contributed by atoms with Crippen molar-refractivity contribution in [2.75, 3.05) is 63.6 Å². The summed E-state index contributed by atoms with van der Waals surface area (Å²) in [6.45, 7) is 5.34. The second-order valence-electron chi connectivity index (χ2n) is 8.34. The fourth-order valence-corrected chi connectivity index (χ4v) is 6.18. The molecule has 0 aliphatic carbocycles. The molecular weight excluding hydrogens is 486 g/mol. The van der Waals surface area contributed by atoms with Gasteiger partial charge in [-0.05, 0) is 6.07 Å². The number of ether oxygens (including phenoxy) is 1. The number of morpholine rings is 1. The summed E-state index contributed by atoms with van der Waals surface area (Å²) in [6, 6.07) is 4.23. The van der Waals surface area contributed by atoms with E-state index in [0.29, 0.717) is 64.5 Å². The molecule has 182 valence electrons. The largest absolute Gasteiger partial charge is 0.378 e. The molecule has 0 bridgehead atoms. The first-order chi connectivity index (χ1) is 16.3. The van der Waals surface area contributed by atoms with Crippen LogP contribution in [0.4, 0.5) is 14.6 Å². The normalized spacial score (nSPS) is 18.6. The highest BCUT2D eigenvalue weighted by Crippen LogP contribution is 2.35. The van der Waals surface area contributed by atoms with Gasteiger partial charge in [0.2, 0.25) is 21.9 Å². The van der Waals surface area contributed by atoms with Gasteiger partial charge in [-0.1, -0.05) is 0 Å². The van der Waals surface area contributed by atoms with Crippen LogP contribution in [0.3, 0.4) is 0 Å². The smallest absolute Gasteiger partial charge is 0.216 e. The number of sulfonamides is 1. The van der Waals surface area contributed by atoms with Crippen molar-refractivity contribution in [2.24, 2.45) is 0 Å². The van der Waals surface area contributed by atoms with Crippen LogP contribution in [0.2, 0.25) is 0 Å². The van der Waals surface area contributed by atoms with Crippen LogP contribution in [0.1, 0.15) is 4.88 Å². The maximum Gasteiger partial charge on any atom is 0.216 e. The quantitative estimate of drug-likeness (QED) is 0.481. The SMILES string of the molecule is CS(=O)(=O)N1CCN(Cc2cc3nc(-c4cc(F)nc(F)c4)nc(N4CCOCC4)c3s2)CC1. The predicted molar refractivity (Wildman–Crippen MR) is 125 cm³/mol. The molecule has 0 spiro atoms. The minimum Gasteiger partial charge on any atom is -0.378 e. The second-order valence-corrected chi connectivity index (χ2v) is 11.5. The maximum atomic E-state index is 13.8. The number of nitrogens with zero attached hydrogens (tertiary/aromatic N) is 6. The Hall–Kier alpha value is -2.32. The molecule has 3 aromatic heterocycles. The Morgan fingerprint density at radius 1 is 0.971 bits per heavy atom. The number of anilines is 1. The average Bonchev–Trinajstić information content (AvgIpc) is 3.20. The summed E-state index contributed by atoms with van der Waals surface area (Å²) in [7, 11) is -3.18. The van der Waals surface area contributed by atoms with Crippen molar-refractivity contribution < 1.29 is 21.9 Å². The molecule has 0 aromatic carbocycles. The van der Waals surface area contributed by atoms with Gasteiger partial charge in [0, 0.05) is 68.4 Å². The van der Waals surface area contributed by atoms with Crippen molar-refractivity contribution in [1.82, 2.24) is 24.2 Å². The molecule has 34 heavy (non-hydrogen) atoms.